The lowest BCUT2D eigenvalue weighted by Gasteiger charge is -2.12. The molecule has 0 bridgehead atoms. The molecule has 1 aromatic carbocycles. The highest BCUT2D eigenvalue weighted by Gasteiger charge is 2.34. The lowest BCUT2D eigenvalue weighted by molar-refractivity contribution is -0.124. The third-order valence-corrected chi connectivity index (χ3v) is 5.80. The number of thioether (sulfide) groups is 1. The van der Waals surface area contributed by atoms with Gasteiger partial charge in [0, 0.05) is 42.4 Å². The molecule has 0 spiro atoms. The molecule has 1 aliphatic rings. The molecule has 0 unspecified atom stereocenters. The molecule has 3 amide bonds. The van der Waals surface area contributed by atoms with Crippen LogP contribution in [0.3, 0.4) is 0 Å². The number of nitrogens with one attached hydrogen (secondary N) is 1. The number of aryl methyl sites for hydroxylation is 2. The topological polar surface area (TPSA) is 105 Å². The van der Waals surface area contributed by atoms with Crippen LogP contribution < -0.4 is 5.32 Å². The second-order valence-electron chi connectivity index (χ2n) is 6.70. The quantitative estimate of drug-likeness (QED) is 0.535. The van der Waals surface area contributed by atoms with Crippen LogP contribution in [0.2, 0.25) is 10.0 Å². The number of nitrogens with zero attached hydrogens (tertiary/aromatic N) is 3. The van der Waals surface area contributed by atoms with Gasteiger partial charge in [-0.05, 0) is 42.0 Å². The van der Waals surface area contributed by atoms with E-state index in [1.807, 2.05) is 6.92 Å². The van der Waals surface area contributed by atoms with Gasteiger partial charge >= 0.3 is 0 Å². The van der Waals surface area contributed by atoms with Crippen molar-refractivity contribution >= 4 is 58.1 Å². The maximum absolute atomic E-state index is 12.5. The Morgan fingerprint density at radius 3 is 2.84 bits per heavy atom. The summed E-state index contributed by atoms with van der Waals surface area (Å²) in [6, 6.07) is 4.89. The summed E-state index contributed by atoms with van der Waals surface area (Å²) in [5, 5.41) is 7.00. The van der Waals surface area contributed by atoms with Crippen LogP contribution in [0, 0.1) is 0 Å². The smallest absolute Gasteiger partial charge is 0.293 e. The van der Waals surface area contributed by atoms with Gasteiger partial charge in [0.1, 0.15) is 0 Å². The van der Waals surface area contributed by atoms with Gasteiger partial charge in [0.2, 0.25) is 11.8 Å². The van der Waals surface area contributed by atoms with Crippen molar-refractivity contribution in [3.63, 3.8) is 0 Å². The Morgan fingerprint density at radius 1 is 1.29 bits per heavy atom. The normalized spacial score (nSPS) is 15.2. The fourth-order valence-electron chi connectivity index (χ4n) is 2.79. The van der Waals surface area contributed by atoms with Gasteiger partial charge in [-0.1, -0.05) is 41.3 Å². The Hall–Kier alpha value is -2.36. The molecule has 1 aromatic heterocycles. The Labute approximate surface area is 193 Å². The molecule has 2 aromatic rings. The summed E-state index contributed by atoms with van der Waals surface area (Å²) < 4.78 is 5.09. The maximum Gasteiger partial charge on any atom is 0.293 e. The number of carbonyl (C=O) groups excluding carboxylic acids is 3. The number of aromatic nitrogens is 2. The zero-order chi connectivity index (χ0) is 22.4. The average Bonchev–Trinajstić information content (AvgIpc) is 3.28. The summed E-state index contributed by atoms with van der Waals surface area (Å²) in [6.45, 7) is 2.24. The minimum atomic E-state index is -0.426. The van der Waals surface area contributed by atoms with Gasteiger partial charge < -0.3 is 9.84 Å². The van der Waals surface area contributed by atoms with Crippen LogP contribution >= 0.6 is 35.0 Å². The van der Waals surface area contributed by atoms with Crippen LogP contribution in [0.4, 0.5) is 4.79 Å². The number of hydrogen-bond donors (Lipinski definition) is 1. The number of halogens is 2. The summed E-state index contributed by atoms with van der Waals surface area (Å²) in [5.74, 6) is 0.385. The molecule has 0 radical (unpaired) electrons. The lowest BCUT2D eigenvalue weighted by atomic mass is 10.2. The zero-order valence-corrected chi connectivity index (χ0v) is 19.0. The second kappa shape index (κ2) is 10.8. The number of carbonyl (C=O) groups is 3. The van der Waals surface area contributed by atoms with Crippen molar-refractivity contribution in [3.8, 4) is 0 Å². The summed E-state index contributed by atoms with van der Waals surface area (Å²) in [4.78, 5) is 42.3. The van der Waals surface area contributed by atoms with E-state index in [9.17, 15) is 14.4 Å². The summed E-state index contributed by atoms with van der Waals surface area (Å²) in [5.41, 5.74) is 0.591. The van der Waals surface area contributed by atoms with Gasteiger partial charge in [-0.2, -0.15) is 4.98 Å². The van der Waals surface area contributed by atoms with Crippen LogP contribution in [0.5, 0.6) is 0 Å². The third kappa shape index (κ3) is 6.32. The highest BCUT2D eigenvalue weighted by Crippen LogP contribution is 2.33. The van der Waals surface area contributed by atoms with Crippen LogP contribution in [0.1, 0.15) is 37.0 Å². The Morgan fingerprint density at radius 2 is 2.10 bits per heavy atom. The minimum Gasteiger partial charge on any atom is -0.354 e. The van der Waals surface area contributed by atoms with Crippen molar-refractivity contribution in [3.05, 3.63) is 50.4 Å². The summed E-state index contributed by atoms with van der Waals surface area (Å²) >= 11 is 12.8. The van der Waals surface area contributed by atoms with Crippen molar-refractivity contribution in [2.75, 3.05) is 13.1 Å². The molecule has 1 fully saturated rings. The standard InChI is InChI=1S/C20H20Cl2N4O4S/c1-2-3-16-24-18(30-25-16)7-6-17(27)23-8-9-26-19(28)15(31-20(26)29)10-12-4-5-13(21)11-14(12)22/h4-5,10-11H,2-3,6-9H2,1H3,(H,23,27)/b15-10+. The predicted octanol–water partition coefficient (Wildman–Crippen LogP) is 4.11. The molecule has 0 saturated carbocycles. The van der Waals surface area contributed by atoms with Crippen LogP contribution in [-0.4, -0.2) is 45.2 Å². The summed E-state index contributed by atoms with van der Waals surface area (Å²) in [7, 11) is 0. The summed E-state index contributed by atoms with van der Waals surface area (Å²) in [6.07, 6.45) is 3.69. The Kier molecular flexibility index (Phi) is 8.11. The van der Waals surface area contributed by atoms with E-state index in [1.165, 1.54) is 0 Å². The molecular formula is C20H20Cl2N4O4S. The predicted molar refractivity (Wildman–Crippen MR) is 119 cm³/mol. The number of benzene rings is 1. The number of hydrogen-bond acceptors (Lipinski definition) is 7. The average molecular weight is 483 g/mol. The monoisotopic (exact) mass is 482 g/mol. The number of rotatable bonds is 9. The van der Waals surface area contributed by atoms with E-state index in [4.69, 9.17) is 27.7 Å². The largest absolute Gasteiger partial charge is 0.354 e. The van der Waals surface area contributed by atoms with Gasteiger partial charge in [-0.25, -0.2) is 0 Å². The molecule has 1 saturated heterocycles. The van der Waals surface area contributed by atoms with Crippen molar-refractivity contribution in [2.24, 2.45) is 0 Å². The Bertz CT molecular complexity index is 1020. The zero-order valence-electron chi connectivity index (χ0n) is 16.7. The van der Waals surface area contributed by atoms with Crippen LogP contribution in [-0.2, 0) is 22.4 Å². The molecule has 1 N–H and O–H groups in total. The molecule has 11 heteroatoms. The fraction of sp³-hybridized carbons (Fsp3) is 0.350. The van der Waals surface area contributed by atoms with Gasteiger partial charge in [0.05, 0.1) is 4.91 Å². The molecule has 0 aliphatic carbocycles. The first-order chi connectivity index (χ1) is 14.9. The first kappa shape index (κ1) is 23.3. The van der Waals surface area contributed by atoms with Crippen molar-refractivity contribution < 1.29 is 18.9 Å². The lowest BCUT2D eigenvalue weighted by Crippen LogP contribution is -2.37. The highest BCUT2D eigenvalue weighted by atomic mass is 35.5. The minimum absolute atomic E-state index is 0.0727. The van der Waals surface area contributed by atoms with E-state index in [-0.39, 0.29) is 30.3 Å². The van der Waals surface area contributed by atoms with Gasteiger partial charge in [0.25, 0.3) is 11.1 Å². The van der Waals surface area contributed by atoms with Crippen molar-refractivity contribution in [1.82, 2.24) is 20.4 Å². The highest BCUT2D eigenvalue weighted by molar-refractivity contribution is 8.18. The molecule has 3 rings (SSSR count). The molecular weight excluding hydrogens is 463 g/mol. The number of imide groups is 1. The van der Waals surface area contributed by atoms with Gasteiger partial charge in [0.15, 0.2) is 5.82 Å². The SMILES string of the molecule is CCCc1noc(CCC(=O)NCCN2C(=O)S/C(=C/c3ccc(Cl)cc3Cl)C2=O)n1. The Balaban J connectivity index is 1.47. The van der Waals surface area contributed by atoms with E-state index in [1.54, 1.807) is 24.3 Å². The first-order valence-electron chi connectivity index (χ1n) is 9.66. The van der Waals surface area contributed by atoms with E-state index in [2.05, 4.69) is 15.5 Å². The fourth-order valence-corrected chi connectivity index (χ4v) is 4.10. The third-order valence-electron chi connectivity index (χ3n) is 4.33. The number of amides is 3. The van der Waals surface area contributed by atoms with E-state index >= 15 is 0 Å². The van der Waals surface area contributed by atoms with E-state index in [0.29, 0.717) is 33.7 Å². The van der Waals surface area contributed by atoms with E-state index < -0.39 is 11.1 Å². The molecule has 0 atom stereocenters. The van der Waals surface area contributed by atoms with Crippen molar-refractivity contribution in [1.29, 1.82) is 0 Å². The van der Waals surface area contributed by atoms with Gasteiger partial charge in [-0.15, -0.1) is 0 Å². The first-order valence-corrected chi connectivity index (χ1v) is 11.2. The second-order valence-corrected chi connectivity index (χ2v) is 8.54. The molecule has 2 heterocycles. The van der Waals surface area contributed by atoms with E-state index in [0.717, 1.165) is 29.5 Å². The van der Waals surface area contributed by atoms with Gasteiger partial charge in [-0.3, -0.25) is 19.3 Å². The maximum atomic E-state index is 12.5. The van der Waals surface area contributed by atoms with Crippen molar-refractivity contribution in [2.45, 2.75) is 32.6 Å². The molecule has 8 nitrogen and oxygen atoms in total. The van der Waals surface area contributed by atoms with Crippen LogP contribution in [0.15, 0.2) is 27.6 Å². The van der Waals surface area contributed by atoms with Crippen LogP contribution in [0.25, 0.3) is 6.08 Å². The molecule has 164 valence electrons. The molecule has 1 aliphatic heterocycles. The molecule has 31 heavy (non-hydrogen) atoms.